The summed E-state index contributed by atoms with van der Waals surface area (Å²) in [6.07, 6.45) is 2.95. The number of aliphatic carboxylic acids is 1. The summed E-state index contributed by atoms with van der Waals surface area (Å²) >= 11 is 1.91. The van der Waals surface area contributed by atoms with E-state index in [-0.39, 0.29) is 0 Å². The Morgan fingerprint density at radius 2 is 2.24 bits per heavy atom. The monoisotopic (exact) mass is 250 g/mol. The van der Waals surface area contributed by atoms with Gasteiger partial charge in [0, 0.05) is 4.90 Å². The molecule has 3 heteroatoms. The Labute approximate surface area is 106 Å². The average Bonchev–Trinajstić information content (AvgIpc) is 2.28. The zero-order chi connectivity index (χ0) is 12.5. The Kier molecular flexibility index (Phi) is 3.48. The minimum Gasteiger partial charge on any atom is -0.481 e. The average molecular weight is 250 g/mol. The van der Waals surface area contributed by atoms with Crippen molar-refractivity contribution in [1.29, 1.82) is 0 Å². The molecule has 0 aliphatic carbocycles. The van der Waals surface area contributed by atoms with E-state index in [1.807, 2.05) is 11.8 Å². The molecular weight excluding hydrogens is 232 g/mol. The van der Waals surface area contributed by atoms with E-state index in [9.17, 15) is 4.79 Å². The predicted molar refractivity (Wildman–Crippen MR) is 70.6 cm³/mol. The number of hydrogen-bond donors (Lipinski definition) is 1. The van der Waals surface area contributed by atoms with Crippen LogP contribution < -0.4 is 0 Å². The number of thioether (sulfide) groups is 1. The lowest BCUT2D eigenvalue weighted by molar-refractivity contribution is -0.146. The van der Waals surface area contributed by atoms with Crippen LogP contribution in [0.4, 0.5) is 0 Å². The Morgan fingerprint density at radius 1 is 1.47 bits per heavy atom. The summed E-state index contributed by atoms with van der Waals surface area (Å²) in [6.45, 7) is 3.56. The molecule has 1 N–H and O–H groups in total. The van der Waals surface area contributed by atoms with Gasteiger partial charge in [0.15, 0.2) is 0 Å². The summed E-state index contributed by atoms with van der Waals surface area (Å²) in [5.74, 6) is 0.469. The zero-order valence-corrected chi connectivity index (χ0v) is 11.1. The van der Waals surface area contributed by atoms with Crippen molar-refractivity contribution in [2.75, 3.05) is 5.75 Å². The maximum atomic E-state index is 11.1. The predicted octanol–water partition coefficient (Wildman–Crippen LogP) is 3.38. The minimum atomic E-state index is -0.732. The highest BCUT2D eigenvalue weighted by Crippen LogP contribution is 2.32. The van der Waals surface area contributed by atoms with Crippen molar-refractivity contribution in [2.45, 2.75) is 38.0 Å². The maximum absolute atomic E-state index is 11.1. The van der Waals surface area contributed by atoms with Gasteiger partial charge in [0.2, 0.25) is 0 Å². The van der Waals surface area contributed by atoms with Crippen LogP contribution in [0.5, 0.6) is 0 Å². The number of hydrogen-bond acceptors (Lipinski definition) is 2. The molecule has 2 rings (SSSR count). The molecule has 1 aliphatic rings. The Balaban J connectivity index is 2.20. The third kappa shape index (κ3) is 2.83. The fourth-order valence-electron chi connectivity index (χ4n) is 2.11. The molecule has 1 aliphatic heterocycles. The van der Waals surface area contributed by atoms with Crippen molar-refractivity contribution in [3.63, 3.8) is 0 Å². The summed E-state index contributed by atoms with van der Waals surface area (Å²) in [6, 6.07) is 6.40. The maximum Gasteiger partial charge on any atom is 0.309 e. The zero-order valence-electron chi connectivity index (χ0n) is 10.3. The first-order valence-corrected chi connectivity index (χ1v) is 6.95. The van der Waals surface area contributed by atoms with Crippen LogP contribution >= 0.6 is 11.8 Å². The molecule has 1 heterocycles. The molecule has 0 unspecified atom stereocenters. The van der Waals surface area contributed by atoms with Crippen LogP contribution in [0, 0.1) is 5.41 Å². The lowest BCUT2D eigenvalue weighted by Crippen LogP contribution is -2.26. The molecule has 1 aromatic rings. The standard InChI is InChI=1S/C14H18O2S/c1-14(2,13(15)16)9-10-5-6-12-11(8-10)4-3-7-17-12/h5-6,8H,3-4,7,9H2,1-2H3,(H,15,16). The molecule has 92 valence electrons. The van der Waals surface area contributed by atoms with Gasteiger partial charge >= 0.3 is 5.97 Å². The second-order valence-electron chi connectivity index (χ2n) is 5.26. The first kappa shape index (κ1) is 12.5. The van der Waals surface area contributed by atoms with Gasteiger partial charge in [0.1, 0.15) is 0 Å². The van der Waals surface area contributed by atoms with Gasteiger partial charge in [-0.1, -0.05) is 12.1 Å². The van der Waals surface area contributed by atoms with E-state index in [0.29, 0.717) is 6.42 Å². The molecule has 17 heavy (non-hydrogen) atoms. The molecule has 0 amide bonds. The number of carboxylic acid groups (broad SMARTS) is 1. The number of rotatable bonds is 3. The van der Waals surface area contributed by atoms with E-state index >= 15 is 0 Å². The lowest BCUT2D eigenvalue weighted by atomic mass is 9.85. The first-order valence-electron chi connectivity index (χ1n) is 5.97. The van der Waals surface area contributed by atoms with Gasteiger partial charge in [-0.25, -0.2) is 0 Å². The van der Waals surface area contributed by atoms with Crippen molar-refractivity contribution < 1.29 is 9.90 Å². The topological polar surface area (TPSA) is 37.3 Å². The van der Waals surface area contributed by atoms with Crippen LogP contribution in [-0.4, -0.2) is 16.8 Å². The van der Waals surface area contributed by atoms with E-state index < -0.39 is 11.4 Å². The van der Waals surface area contributed by atoms with Gasteiger partial charge in [-0.15, -0.1) is 11.8 Å². The van der Waals surface area contributed by atoms with Crippen LogP contribution in [0.15, 0.2) is 23.1 Å². The van der Waals surface area contributed by atoms with Crippen LogP contribution in [0.25, 0.3) is 0 Å². The highest BCUT2D eigenvalue weighted by atomic mass is 32.2. The molecule has 0 saturated heterocycles. The molecule has 2 nitrogen and oxygen atoms in total. The van der Waals surface area contributed by atoms with Crippen LogP contribution in [-0.2, 0) is 17.6 Å². The fourth-order valence-corrected chi connectivity index (χ4v) is 3.13. The molecule has 0 saturated carbocycles. The quantitative estimate of drug-likeness (QED) is 0.893. The summed E-state index contributed by atoms with van der Waals surface area (Å²) in [5.41, 5.74) is 1.84. The highest BCUT2D eigenvalue weighted by Gasteiger charge is 2.27. The van der Waals surface area contributed by atoms with Gasteiger partial charge in [0.05, 0.1) is 5.41 Å². The van der Waals surface area contributed by atoms with Gasteiger partial charge in [-0.3, -0.25) is 4.79 Å². The fraction of sp³-hybridized carbons (Fsp3) is 0.500. The van der Waals surface area contributed by atoms with Gasteiger partial charge in [-0.05, 0) is 56.1 Å². The third-order valence-electron chi connectivity index (χ3n) is 3.20. The number of fused-ring (bicyclic) bond motifs is 1. The Bertz CT molecular complexity index is 438. The second-order valence-corrected chi connectivity index (χ2v) is 6.40. The first-order chi connectivity index (χ1) is 7.99. The van der Waals surface area contributed by atoms with Crippen LogP contribution in [0.2, 0.25) is 0 Å². The van der Waals surface area contributed by atoms with Gasteiger partial charge in [0.25, 0.3) is 0 Å². The summed E-state index contributed by atoms with van der Waals surface area (Å²) < 4.78 is 0. The normalized spacial score (nSPS) is 15.4. The smallest absolute Gasteiger partial charge is 0.309 e. The minimum absolute atomic E-state index is 0.597. The summed E-state index contributed by atoms with van der Waals surface area (Å²) in [4.78, 5) is 12.5. The second kappa shape index (κ2) is 4.73. The van der Waals surface area contributed by atoms with E-state index in [1.165, 1.54) is 22.6 Å². The third-order valence-corrected chi connectivity index (χ3v) is 4.40. The van der Waals surface area contributed by atoms with Crippen molar-refractivity contribution in [3.8, 4) is 0 Å². The molecule has 0 bridgehead atoms. The molecule has 0 atom stereocenters. The summed E-state index contributed by atoms with van der Waals surface area (Å²) in [5, 5.41) is 9.14. The molecule has 0 aromatic heterocycles. The molecule has 0 radical (unpaired) electrons. The number of carboxylic acids is 1. The molecule has 1 aromatic carbocycles. The van der Waals surface area contributed by atoms with Crippen molar-refractivity contribution in [1.82, 2.24) is 0 Å². The van der Waals surface area contributed by atoms with E-state index in [0.717, 1.165) is 12.0 Å². The van der Waals surface area contributed by atoms with E-state index in [1.54, 1.807) is 13.8 Å². The number of carbonyl (C=O) groups is 1. The number of benzene rings is 1. The van der Waals surface area contributed by atoms with Crippen molar-refractivity contribution >= 4 is 17.7 Å². The van der Waals surface area contributed by atoms with Gasteiger partial charge < -0.3 is 5.11 Å². The van der Waals surface area contributed by atoms with Crippen molar-refractivity contribution in [3.05, 3.63) is 29.3 Å². The lowest BCUT2D eigenvalue weighted by Gasteiger charge is -2.21. The molecule has 0 spiro atoms. The SMILES string of the molecule is CC(C)(Cc1ccc2c(c1)CCCS2)C(=O)O. The van der Waals surface area contributed by atoms with Crippen molar-refractivity contribution in [2.24, 2.45) is 5.41 Å². The Morgan fingerprint density at radius 3 is 2.94 bits per heavy atom. The highest BCUT2D eigenvalue weighted by molar-refractivity contribution is 7.99. The largest absolute Gasteiger partial charge is 0.481 e. The molecule has 0 fully saturated rings. The van der Waals surface area contributed by atoms with E-state index in [4.69, 9.17) is 5.11 Å². The van der Waals surface area contributed by atoms with Gasteiger partial charge in [-0.2, -0.15) is 0 Å². The Hall–Kier alpha value is -0.960. The molecular formula is C14H18O2S. The van der Waals surface area contributed by atoms with Crippen LogP contribution in [0.1, 0.15) is 31.4 Å². The van der Waals surface area contributed by atoms with Crippen LogP contribution in [0.3, 0.4) is 0 Å². The number of aryl methyl sites for hydroxylation is 1. The summed E-state index contributed by atoms with van der Waals surface area (Å²) in [7, 11) is 0. The van der Waals surface area contributed by atoms with E-state index in [2.05, 4.69) is 18.2 Å².